The number of benzene rings is 3. The van der Waals surface area contributed by atoms with Crippen molar-refractivity contribution in [2.45, 2.75) is 36.1 Å². The molecule has 3 aromatic rings. The second kappa shape index (κ2) is 24.0. The van der Waals surface area contributed by atoms with Crippen LogP contribution in [0.1, 0.15) is 61.5 Å². The number of rotatable bonds is 16. The Balaban J connectivity index is 0.00000310. The fourth-order valence-electron chi connectivity index (χ4n) is 6.34. The second-order valence-electron chi connectivity index (χ2n) is 12.6. The van der Waals surface area contributed by atoms with Gasteiger partial charge in [-0.1, -0.05) is 97.5 Å². The highest BCUT2D eigenvalue weighted by Gasteiger charge is 2.44. The first-order valence-corrected chi connectivity index (χ1v) is 17.7. The summed E-state index contributed by atoms with van der Waals surface area (Å²) < 4.78 is 31.7. The Morgan fingerprint density at radius 3 is 1.63 bits per heavy atom. The first kappa shape index (κ1) is 49.1. The van der Waals surface area contributed by atoms with Gasteiger partial charge in [-0.3, -0.25) is 0 Å². The van der Waals surface area contributed by atoms with E-state index in [0.29, 0.717) is 40.9 Å². The molecule has 0 radical (unpaired) electrons. The molecule has 0 spiro atoms. The summed E-state index contributed by atoms with van der Waals surface area (Å²) >= 11 is 0. The molecule has 12 heteroatoms. The van der Waals surface area contributed by atoms with Crippen molar-refractivity contribution in [3.63, 3.8) is 0 Å². The van der Waals surface area contributed by atoms with Gasteiger partial charge in [0.15, 0.2) is 0 Å². The van der Waals surface area contributed by atoms with Crippen LogP contribution in [0, 0.1) is 23.7 Å². The predicted octanol–water partition coefficient (Wildman–Crippen LogP) is 9.49. The lowest BCUT2D eigenvalue weighted by atomic mass is 9.83. The number of carbonyl (C=O) groups is 4. The van der Waals surface area contributed by atoms with Crippen LogP contribution in [-0.2, 0) is 30.2 Å². The molecule has 1 fully saturated rings. The number of esters is 4. The summed E-state index contributed by atoms with van der Waals surface area (Å²) in [6.07, 6.45) is 20.9. The molecule has 60 heavy (non-hydrogen) atoms. The van der Waals surface area contributed by atoms with Crippen molar-refractivity contribution in [3.8, 4) is 17.2 Å². The van der Waals surface area contributed by atoms with Crippen LogP contribution in [0.15, 0.2) is 151 Å². The smallest absolute Gasteiger partial charge is 0.343 e. The standard InChI is InChI=1S/C44H38N2O10.4CH4/c1-3-40(47)54-27-52-33-18-14-30(15-19-33)43(49)51-24-23-29-13-22-39(56-44(50)31-16-20-34(21-17-31)53-28-55-41(48)4-2)32(25-29)26-45-46-42-37-11-7-5-9-35(37)36-10-6-8-12-38(36)42;;;;/h3-22,25-26,35-38H,1-2,23-24,27-28H2;4*1H4/b45-26+,46-42?;;;;. The maximum absolute atomic E-state index is 13.3. The zero-order valence-corrected chi connectivity index (χ0v) is 30.2. The summed E-state index contributed by atoms with van der Waals surface area (Å²) in [7, 11) is 0. The summed E-state index contributed by atoms with van der Waals surface area (Å²) in [4.78, 5) is 48.5. The number of hydrogen-bond acceptors (Lipinski definition) is 12. The van der Waals surface area contributed by atoms with Crippen molar-refractivity contribution >= 4 is 35.8 Å². The minimum absolute atomic E-state index is 0. The van der Waals surface area contributed by atoms with Crippen LogP contribution in [0.4, 0.5) is 0 Å². The monoisotopic (exact) mass is 818 g/mol. The Kier molecular flexibility index (Phi) is 19.6. The Labute approximate surface area is 352 Å². The van der Waals surface area contributed by atoms with Gasteiger partial charge < -0.3 is 28.4 Å². The maximum Gasteiger partial charge on any atom is 0.343 e. The summed E-state index contributed by atoms with van der Waals surface area (Å²) in [6, 6.07) is 17.6. The third kappa shape index (κ3) is 12.7. The number of hydrogen-bond donors (Lipinski definition) is 0. The van der Waals surface area contributed by atoms with E-state index in [-0.39, 0.29) is 73.0 Å². The maximum atomic E-state index is 13.3. The van der Waals surface area contributed by atoms with Crippen LogP contribution in [0.25, 0.3) is 0 Å². The van der Waals surface area contributed by atoms with Crippen LogP contribution in [0.5, 0.6) is 17.2 Å². The average Bonchev–Trinajstić information content (AvgIpc) is 3.55. The molecule has 12 nitrogen and oxygen atoms in total. The SMILES string of the molecule is C.C.C.C.C=CC(=O)OCOc1ccc(C(=O)OCCc2ccc(OC(=O)c3ccc(OCOC(=O)C=C)cc3)c(/C=N/N=C3C4C=CC=CC4C4C=CC=CC34)c2)cc1. The average molecular weight is 819 g/mol. The molecule has 6 rings (SSSR count). The molecule has 3 aliphatic rings. The van der Waals surface area contributed by atoms with Gasteiger partial charge in [0.05, 0.1) is 29.7 Å². The molecule has 0 aliphatic heterocycles. The van der Waals surface area contributed by atoms with Gasteiger partial charge in [0.1, 0.15) is 17.2 Å². The van der Waals surface area contributed by atoms with Crippen LogP contribution in [0.3, 0.4) is 0 Å². The zero-order chi connectivity index (χ0) is 39.3. The summed E-state index contributed by atoms with van der Waals surface area (Å²) in [6.45, 7) is 6.12. The van der Waals surface area contributed by atoms with Crippen molar-refractivity contribution in [1.29, 1.82) is 0 Å². The Hall–Kier alpha value is -7.08. The van der Waals surface area contributed by atoms with E-state index in [9.17, 15) is 19.2 Å². The molecule has 0 heterocycles. The first-order valence-electron chi connectivity index (χ1n) is 17.7. The molecule has 3 aliphatic carbocycles. The quantitative estimate of drug-likeness (QED) is 0.0260. The van der Waals surface area contributed by atoms with Crippen molar-refractivity contribution in [3.05, 3.63) is 163 Å². The van der Waals surface area contributed by atoms with E-state index in [1.54, 1.807) is 60.8 Å². The van der Waals surface area contributed by atoms with E-state index in [4.69, 9.17) is 33.5 Å². The Morgan fingerprint density at radius 2 is 1.12 bits per heavy atom. The van der Waals surface area contributed by atoms with Gasteiger partial charge in [-0.15, -0.1) is 0 Å². The van der Waals surface area contributed by atoms with E-state index in [0.717, 1.165) is 23.4 Å². The highest BCUT2D eigenvalue weighted by molar-refractivity contribution is 5.97. The zero-order valence-electron chi connectivity index (χ0n) is 30.2. The van der Waals surface area contributed by atoms with Crippen molar-refractivity contribution in [2.75, 3.05) is 20.2 Å². The molecule has 4 unspecified atom stereocenters. The molecule has 0 aromatic heterocycles. The number of allylic oxidation sites excluding steroid dienone is 8. The molecular formula is C48H54N2O10. The van der Waals surface area contributed by atoms with E-state index in [1.807, 2.05) is 12.2 Å². The van der Waals surface area contributed by atoms with Crippen molar-refractivity contribution < 1.29 is 47.6 Å². The van der Waals surface area contributed by atoms with Crippen molar-refractivity contribution in [1.82, 2.24) is 0 Å². The third-order valence-corrected chi connectivity index (χ3v) is 9.12. The largest absolute Gasteiger partial charge is 0.462 e. The topological polar surface area (TPSA) is 148 Å². The van der Waals surface area contributed by atoms with E-state index in [2.05, 4.69) is 54.7 Å². The summed E-state index contributed by atoms with van der Waals surface area (Å²) in [5.74, 6) is -0.524. The molecule has 0 saturated heterocycles. The van der Waals surface area contributed by atoms with Gasteiger partial charge in [-0.2, -0.15) is 10.2 Å². The molecule has 3 aromatic carbocycles. The van der Waals surface area contributed by atoms with Gasteiger partial charge in [-0.25, -0.2) is 19.2 Å². The summed E-state index contributed by atoms with van der Waals surface area (Å²) in [5, 5.41) is 9.23. The van der Waals surface area contributed by atoms with Crippen LogP contribution < -0.4 is 14.2 Å². The minimum atomic E-state index is -0.619. The lowest BCUT2D eigenvalue weighted by Crippen LogP contribution is -2.15. The second-order valence-corrected chi connectivity index (χ2v) is 12.6. The molecule has 4 atom stereocenters. The van der Waals surface area contributed by atoms with Gasteiger partial charge in [0.25, 0.3) is 0 Å². The first-order chi connectivity index (χ1) is 27.3. The third-order valence-electron chi connectivity index (χ3n) is 9.12. The molecule has 316 valence electrons. The number of carbonyl (C=O) groups excluding carboxylic acids is 4. The van der Waals surface area contributed by atoms with Gasteiger partial charge in [-0.05, 0) is 78.1 Å². The molecular weight excluding hydrogens is 765 g/mol. The number of nitrogens with zero attached hydrogens (tertiary/aromatic N) is 2. The molecule has 0 bridgehead atoms. The lowest BCUT2D eigenvalue weighted by Gasteiger charge is -2.20. The van der Waals surface area contributed by atoms with Crippen molar-refractivity contribution in [2.24, 2.45) is 33.9 Å². The van der Waals surface area contributed by atoms with E-state index in [1.165, 1.54) is 12.1 Å². The molecule has 0 N–H and O–H groups in total. The van der Waals surface area contributed by atoms with Gasteiger partial charge in [0.2, 0.25) is 13.6 Å². The lowest BCUT2D eigenvalue weighted by molar-refractivity contribution is -0.145. The van der Waals surface area contributed by atoms with Crippen LogP contribution >= 0.6 is 0 Å². The predicted molar refractivity (Wildman–Crippen MR) is 234 cm³/mol. The molecule has 0 amide bonds. The highest BCUT2D eigenvalue weighted by atomic mass is 16.7. The Bertz CT molecular complexity index is 2110. The van der Waals surface area contributed by atoms with Crippen LogP contribution in [0.2, 0.25) is 0 Å². The summed E-state index contributed by atoms with van der Waals surface area (Å²) in [5.41, 5.74) is 2.82. The normalized spacial score (nSPS) is 17.4. The van der Waals surface area contributed by atoms with Gasteiger partial charge in [0, 0.05) is 36.0 Å². The van der Waals surface area contributed by atoms with Gasteiger partial charge >= 0.3 is 23.9 Å². The fourth-order valence-corrected chi connectivity index (χ4v) is 6.34. The number of ether oxygens (including phenoxy) is 6. The van der Waals surface area contributed by atoms with E-state index >= 15 is 0 Å². The minimum Gasteiger partial charge on any atom is -0.462 e. The van der Waals surface area contributed by atoms with E-state index < -0.39 is 23.9 Å². The number of fused-ring (bicyclic) bond motifs is 3. The van der Waals surface area contributed by atoms with Crippen LogP contribution in [-0.4, -0.2) is 56.0 Å². The highest BCUT2D eigenvalue weighted by Crippen LogP contribution is 2.45. The fraction of sp³-hybridized carbons (Fsp3) is 0.250. The Morgan fingerprint density at radius 1 is 0.617 bits per heavy atom. The molecule has 1 saturated carbocycles.